The largest absolute Gasteiger partial charge is 0.599 e. The van der Waals surface area contributed by atoms with Gasteiger partial charge in [0, 0.05) is 5.82 Å². The second kappa shape index (κ2) is 3.37. The maximum Gasteiger partial charge on any atom is 0.599 e. The number of carbonyl (C=O) groups is 1. The first-order chi connectivity index (χ1) is 6.68. The summed E-state index contributed by atoms with van der Waals surface area (Å²) in [6, 6.07) is 7.12. The van der Waals surface area contributed by atoms with Gasteiger partial charge in [0.1, 0.15) is 5.75 Å². The zero-order chi connectivity index (χ0) is 10.1. The van der Waals surface area contributed by atoms with Crippen molar-refractivity contribution in [3.8, 4) is 5.75 Å². The van der Waals surface area contributed by atoms with Gasteiger partial charge < -0.3 is 9.31 Å². The molecule has 72 valence electrons. The van der Waals surface area contributed by atoms with Crippen LogP contribution in [0.1, 0.15) is 24.2 Å². The predicted molar refractivity (Wildman–Crippen MR) is 53.3 cm³/mol. The fourth-order valence-electron chi connectivity index (χ4n) is 1.33. The molecule has 0 bridgehead atoms. The Kier molecular flexibility index (Phi) is 2.19. The summed E-state index contributed by atoms with van der Waals surface area (Å²) in [7, 11) is -0.461. The number of rotatable bonds is 1. The summed E-state index contributed by atoms with van der Waals surface area (Å²) < 4.78 is 10.6. The maximum absolute atomic E-state index is 11.5. The Morgan fingerprint density at radius 2 is 1.93 bits per heavy atom. The van der Waals surface area contributed by atoms with E-state index in [1.54, 1.807) is 18.2 Å². The highest BCUT2D eigenvalue weighted by atomic mass is 16.6. The Morgan fingerprint density at radius 3 is 2.64 bits per heavy atom. The van der Waals surface area contributed by atoms with Crippen molar-refractivity contribution < 1.29 is 14.1 Å². The predicted octanol–water partition coefficient (Wildman–Crippen LogP) is 2.13. The van der Waals surface area contributed by atoms with Crippen LogP contribution in [0.5, 0.6) is 5.75 Å². The molecule has 0 saturated heterocycles. The molecule has 0 aromatic heterocycles. The summed E-state index contributed by atoms with van der Waals surface area (Å²) >= 11 is 0. The molecule has 1 heterocycles. The van der Waals surface area contributed by atoms with Crippen LogP contribution in [0.2, 0.25) is 5.82 Å². The quantitative estimate of drug-likeness (QED) is 0.636. The SMILES string of the molecule is CC(C)B1OC(=O)c2ccccc2O1. The van der Waals surface area contributed by atoms with Crippen molar-refractivity contribution in [1.82, 2.24) is 0 Å². The van der Waals surface area contributed by atoms with Gasteiger partial charge in [-0.2, -0.15) is 0 Å². The zero-order valence-corrected chi connectivity index (χ0v) is 8.19. The van der Waals surface area contributed by atoms with Gasteiger partial charge in [-0.1, -0.05) is 26.0 Å². The molecule has 0 N–H and O–H groups in total. The van der Waals surface area contributed by atoms with Crippen molar-refractivity contribution in [2.45, 2.75) is 19.7 Å². The third kappa shape index (κ3) is 1.48. The molecule has 0 amide bonds. The van der Waals surface area contributed by atoms with E-state index >= 15 is 0 Å². The van der Waals surface area contributed by atoms with Gasteiger partial charge in [0.15, 0.2) is 0 Å². The van der Waals surface area contributed by atoms with Crippen LogP contribution in [-0.4, -0.2) is 13.1 Å². The number of hydrogen-bond donors (Lipinski definition) is 0. The molecule has 0 saturated carbocycles. The monoisotopic (exact) mass is 190 g/mol. The molecular formula is C10H11BO3. The van der Waals surface area contributed by atoms with Crippen molar-refractivity contribution >= 4 is 13.1 Å². The van der Waals surface area contributed by atoms with Crippen molar-refractivity contribution in [3.05, 3.63) is 29.8 Å². The van der Waals surface area contributed by atoms with Gasteiger partial charge in [0.2, 0.25) is 0 Å². The number of fused-ring (bicyclic) bond motifs is 1. The highest BCUT2D eigenvalue weighted by molar-refractivity contribution is 6.50. The molecule has 0 unspecified atom stereocenters. The summed E-state index contributed by atoms with van der Waals surface area (Å²) in [6.45, 7) is 3.90. The topological polar surface area (TPSA) is 35.5 Å². The fraction of sp³-hybridized carbons (Fsp3) is 0.300. The lowest BCUT2D eigenvalue weighted by molar-refractivity contribution is 0.0673. The Labute approximate surface area is 83.2 Å². The highest BCUT2D eigenvalue weighted by Gasteiger charge is 2.36. The Morgan fingerprint density at radius 1 is 1.21 bits per heavy atom. The van der Waals surface area contributed by atoms with Crippen LogP contribution in [0.3, 0.4) is 0 Å². The van der Waals surface area contributed by atoms with Gasteiger partial charge in [-0.15, -0.1) is 0 Å². The molecule has 1 aliphatic heterocycles. The van der Waals surface area contributed by atoms with E-state index in [1.165, 1.54) is 0 Å². The highest BCUT2D eigenvalue weighted by Crippen LogP contribution is 2.27. The van der Waals surface area contributed by atoms with E-state index in [1.807, 2.05) is 19.9 Å². The summed E-state index contributed by atoms with van der Waals surface area (Å²) in [6.07, 6.45) is 0. The Balaban J connectivity index is 2.33. The summed E-state index contributed by atoms with van der Waals surface area (Å²) in [5.74, 6) is 0.473. The van der Waals surface area contributed by atoms with E-state index < -0.39 is 7.12 Å². The van der Waals surface area contributed by atoms with Crippen LogP contribution in [0, 0.1) is 0 Å². The van der Waals surface area contributed by atoms with Crippen LogP contribution in [-0.2, 0) is 4.65 Å². The molecule has 1 aliphatic rings. The summed E-state index contributed by atoms with van der Waals surface area (Å²) in [5, 5.41) is 0. The van der Waals surface area contributed by atoms with E-state index in [-0.39, 0.29) is 11.8 Å². The normalized spacial score (nSPS) is 14.8. The van der Waals surface area contributed by atoms with Gasteiger partial charge in [-0.3, -0.25) is 0 Å². The van der Waals surface area contributed by atoms with Gasteiger partial charge in [0.25, 0.3) is 0 Å². The number of hydrogen-bond acceptors (Lipinski definition) is 3. The van der Waals surface area contributed by atoms with Crippen LogP contribution < -0.4 is 4.65 Å². The first kappa shape index (κ1) is 9.12. The van der Waals surface area contributed by atoms with Gasteiger partial charge >= 0.3 is 13.1 Å². The lowest BCUT2D eigenvalue weighted by Crippen LogP contribution is -2.36. The zero-order valence-electron chi connectivity index (χ0n) is 8.19. The van der Waals surface area contributed by atoms with E-state index in [0.29, 0.717) is 11.3 Å². The Hall–Kier alpha value is -1.45. The van der Waals surface area contributed by atoms with Crippen LogP contribution in [0.4, 0.5) is 0 Å². The fourth-order valence-corrected chi connectivity index (χ4v) is 1.33. The van der Waals surface area contributed by atoms with Crippen molar-refractivity contribution in [3.63, 3.8) is 0 Å². The number of carbonyl (C=O) groups excluding carboxylic acids is 1. The minimum Gasteiger partial charge on any atom is -0.525 e. The summed E-state index contributed by atoms with van der Waals surface area (Å²) in [4.78, 5) is 11.5. The second-order valence-corrected chi connectivity index (χ2v) is 3.63. The smallest absolute Gasteiger partial charge is 0.525 e. The third-order valence-corrected chi connectivity index (χ3v) is 2.12. The van der Waals surface area contributed by atoms with E-state index in [0.717, 1.165) is 0 Å². The molecule has 3 nitrogen and oxygen atoms in total. The van der Waals surface area contributed by atoms with Gasteiger partial charge in [0.05, 0.1) is 5.56 Å². The lowest BCUT2D eigenvalue weighted by atomic mass is 9.73. The average molecular weight is 190 g/mol. The van der Waals surface area contributed by atoms with Crippen LogP contribution in [0.15, 0.2) is 24.3 Å². The average Bonchev–Trinajstić information content (AvgIpc) is 2.17. The van der Waals surface area contributed by atoms with Crippen LogP contribution in [0.25, 0.3) is 0 Å². The molecule has 1 aromatic carbocycles. The standard InChI is InChI=1S/C10H11BO3/c1-7(2)11-13-9-6-4-3-5-8(9)10(12)14-11/h3-7H,1-2H3. The van der Waals surface area contributed by atoms with Gasteiger partial charge in [-0.05, 0) is 12.1 Å². The minimum atomic E-state index is -0.461. The van der Waals surface area contributed by atoms with E-state index in [4.69, 9.17) is 9.31 Å². The number of benzene rings is 1. The molecule has 0 fully saturated rings. The van der Waals surface area contributed by atoms with Crippen molar-refractivity contribution in [1.29, 1.82) is 0 Å². The van der Waals surface area contributed by atoms with Crippen LogP contribution >= 0.6 is 0 Å². The van der Waals surface area contributed by atoms with Crippen molar-refractivity contribution in [2.24, 2.45) is 0 Å². The molecule has 0 aliphatic carbocycles. The molecule has 14 heavy (non-hydrogen) atoms. The Bertz CT molecular complexity index is 362. The van der Waals surface area contributed by atoms with E-state index in [9.17, 15) is 4.79 Å². The lowest BCUT2D eigenvalue weighted by Gasteiger charge is -2.24. The molecule has 2 rings (SSSR count). The molecule has 0 spiro atoms. The second-order valence-electron chi connectivity index (χ2n) is 3.63. The van der Waals surface area contributed by atoms with E-state index in [2.05, 4.69) is 0 Å². The maximum atomic E-state index is 11.5. The molecule has 1 aromatic rings. The van der Waals surface area contributed by atoms with Gasteiger partial charge in [-0.25, -0.2) is 4.79 Å². The number of para-hydroxylation sites is 1. The first-order valence-corrected chi connectivity index (χ1v) is 4.65. The minimum absolute atomic E-state index is 0.160. The molecule has 0 atom stereocenters. The third-order valence-electron chi connectivity index (χ3n) is 2.12. The molecular weight excluding hydrogens is 179 g/mol. The first-order valence-electron chi connectivity index (χ1n) is 4.65. The van der Waals surface area contributed by atoms with Crippen molar-refractivity contribution in [2.75, 3.05) is 0 Å². The molecule has 4 heteroatoms. The summed E-state index contributed by atoms with van der Waals surface area (Å²) in [5.41, 5.74) is 0.504. The molecule has 0 radical (unpaired) electrons.